The van der Waals surface area contributed by atoms with Gasteiger partial charge in [-0.1, -0.05) is 60.3 Å². The van der Waals surface area contributed by atoms with Crippen molar-refractivity contribution in [1.82, 2.24) is 0 Å². The number of carbonyl (C=O) groups excluding carboxylic acids is 1. The van der Waals surface area contributed by atoms with Crippen LogP contribution in [0.1, 0.15) is 25.0 Å². The molecule has 23 heavy (non-hydrogen) atoms. The molecule has 1 aliphatic heterocycles. The summed E-state index contributed by atoms with van der Waals surface area (Å²) in [6.45, 7) is 3.79. The maximum atomic E-state index is 12.0. The Morgan fingerprint density at radius 3 is 1.57 bits per heavy atom. The van der Waals surface area contributed by atoms with Gasteiger partial charge in [-0.25, -0.2) is 4.79 Å². The molecular formula is C16H10Cl4O3. The van der Waals surface area contributed by atoms with Crippen LogP contribution in [0.25, 0.3) is 0 Å². The Hall–Kier alpha value is -1.13. The number of rotatable bonds is 0. The molecule has 2 aromatic carbocycles. The van der Waals surface area contributed by atoms with E-state index in [1.807, 2.05) is 13.8 Å². The quantitative estimate of drug-likeness (QED) is 0.379. The third-order valence-corrected chi connectivity index (χ3v) is 4.71. The van der Waals surface area contributed by atoms with E-state index in [0.717, 1.165) is 0 Å². The summed E-state index contributed by atoms with van der Waals surface area (Å²) in [6.07, 6.45) is -0.917. The van der Waals surface area contributed by atoms with Crippen LogP contribution in [0.3, 0.4) is 0 Å². The van der Waals surface area contributed by atoms with Crippen LogP contribution in [0.4, 0.5) is 4.79 Å². The summed E-state index contributed by atoms with van der Waals surface area (Å²) in [5, 5.41) is 1.43. The van der Waals surface area contributed by atoms with Crippen molar-refractivity contribution >= 4 is 52.6 Å². The molecule has 2 aromatic rings. The van der Waals surface area contributed by atoms with Gasteiger partial charge in [0.1, 0.15) is 11.5 Å². The Morgan fingerprint density at radius 2 is 1.17 bits per heavy atom. The van der Waals surface area contributed by atoms with E-state index in [1.54, 1.807) is 12.1 Å². The number of fused-ring (bicyclic) bond motifs is 2. The van der Waals surface area contributed by atoms with E-state index in [1.165, 1.54) is 12.1 Å². The third-order valence-electron chi connectivity index (χ3n) is 3.67. The van der Waals surface area contributed by atoms with E-state index in [0.29, 0.717) is 31.2 Å². The number of hydrogen-bond acceptors (Lipinski definition) is 3. The lowest BCUT2D eigenvalue weighted by atomic mass is 9.77. The molecule has 0 atom stereocenters. The summed E-state index contributed by atoms with van der Waals surface area (Å²) >= 11 is 24.8. The zero-order valence-electron chi connectivity index (χ0n) is 12.0. The molecule has 0 amide bonds. The third kappa shape index (κ3) is 2.87. The molecule has 3 nitrogen and oxygen atoms in total. The Balaban J connectivity index is 2.39. The Kier molecular flexibility index (Phi) is 4.18. The van der Waals surface area contributed by atoms with Gasteiger partial charge in [-0.3, -0.25) is 0 Å². The molecular weight excluding hydrogens is 382 g/mol. The van der Waals surface area contributed by atoms with E-state index >= 15 is 0 Å². The molecule has 1 heterocycles. The molecule has 1 aliphatic rings. The molecule has 120 valence electrons. The molecule has 0 spiro atoms. The van der Waals surface area contributed by atoms with Crippen LogP contribution in [0.15, 0.2) is 24.3 Å². The van der Waals surface area contributed by atoms with Crippen molar-refractivity contribution in [2.75, 3.05) is 0 Å². The fraction of sp³-hybridized carbons (Fsp3) is 0.188. The predicted octanol–water partition coefficient (Wildman–Crippen LogP) is 6.52. The van der Waals surface area contributed by atoms with Crippen LogP contribution < -0.4 is 9.47 Å². The van der Waals surface area contributed by atoms with Gasteiger partial charge in [0.05, 0.1) is 0 Å². The molecule has 0 saturated carbocycles. The van der Waals surface area contributed by atoms with Crippen LogP contribution in [0, 0.1) is 0 Å². The molecule has 0 N–H and O–H groups in total. The minimum Gasteiger partial charge on any atom is -0.394 e. The largest absolute Gasteiger partial charge is 0.519 e. The van der Waals surface area contributed by atoms with Crippen molar-refractivity contribution in [2.24, 2.45) is 0 Å². The highest BCUT2D eigenvalue weighted by atomic mass is 35.5. The topological polar surface area (TPSA) is 35.5 Å². The molecule has 0 bridgehead atoms. The maximum Gasteiger partial charge on any atom is 0.519 e. The van der Waals surface area contributed by atoms with E-state index in [-0.39, 0.29) is 11.5 Å². The Labute approximate surface area is 153 Å². The summed E-state index contributed by atoms with van der Waals surface area (Å²) in [6, 6.07) is 6.20. The van der Waals surface area contributed by atoms with Gasteiger partial charge in [-0.2, -0.15) is 0 Å². The van der Waals surface area contributed by atoms with E-state index < -0.39 is 11.6 Å². The Bertz CT molecular complexity index is 765. The van der Waals surface area contributed by atoms with Gasteiger partial charge in [0.15, 0.2) is 0 Å². The molecule has 0 aromatic heterocycles. The zero-order valence-corrected chi connectivity index (χ0v) is 15.1. The molecule has 0 unspecified atom stereocenters. The second kappa shape index (κ2) is 5.75. The molecule has 7 heteroatoms. The van der Waals surface area contributed by atoms with Crippen LogP contribution in [0.2, 0.25) is 20.1 Å². The zero-order chi connectivity index (χ0) is 16.9. The molecule has 0 radical (unpaired) electrons. The lowest BCUT2D eigenvalue weighted by Crippen LogP contribution is -2.28. The van der Waals surface area contributed by atoms with Gasteiger partial charge < -0.3 is 9.47 Å². The van der Waals surface area contributed by atoms with Crippen LogP contribution in [0.5, 0.6) is 11.5 Å². The van der Waals surface area contributed by atoms with Gasteiger partial charge in [-0.05, 0) is 12.1 Å². The molecule has 0 aliphatic carbocycles. The first-order chi connectivity index (χ1) is 10.7. The lowest BCUT2D eigenvalue weighted by Gasteiger charge is -2.32. The maximum absolute atomic E-state index is 12.0. The monoisotopic (exact) mass is 390 g/mol. The number of benzene rings is 2. The number of halogens is 4. The highest BCUT2D eigenvalue weighted by Gasteiger charge is 2.37. The summed E-state index contributed by atoms with van der Waals surface area (Å²) < 4.78 is 10.5. The van der Waals surface area contributed by atoms with Crippen molar-refractivity contribution in [3.63, 3.8) is 0 Å². The van der Waals surface area contributed by atoms with Gasteiger partial charge >= 0.3 is 6.16 Å². The van der Waals surface area contributed by atoms with Crippen molar-refractivity contribution in [1.29, 1.82) is 0 Å². The van der Waals surface area contributed by atoms with Crippen LogP contribution in [-0.4, -0.2) is 6.16 Å². The molecule has 0 fully saturated rings. The van der Waals surface area contributed by atoms with Crippen LogP contribution in [-0.2, 0) is 5.41 Å². The van der Waals surface area contributed by atoms with E-state index in [4.69, 9.17) is 55.9 Å². The van der Waals surface area contributed by atoms with Crippen molar-refractivity contribution < 1.29 is 14.3 Å². The standard InChI is InChI=1S/C16H10Cl4O3/c1-16(2)13-9(19)3-7(17)5-11(13)22-15(21)23-12-6-8(18)4-10(20)14(12)16/h3-6H,1-2H3. The average molecular weight is 392 g/mol. The van der Waals surface area contributed by atoms with Gasteiger partial charge in [-0.15, -0.1) is 0 Å². The average Bonchev–Trinajstić information content (AvgIpc) is 2.33. The smallest absolute Gasteiger partial charge is 0.394 e. The highest BCUT2D eigenvalue weighted by molar-refractivity contribution is 6.36. The second-order valence-electron chi connectivity index (χ2n) is 5.60. The first kappa shape index (κ1) is 16.7. The van der Waals surface area contributed by atoms with Crippen molar-refractivity contribution in [2.45, 2.75) is 19.3 Å². The van der Waals surface area contributed by atoms with E-state index in [9.17, 15) is 4.79 Å². The van der Waals surface area contributed by atoms with Crippen molar-refractivity contribution in [3.05, 3.63) is 55.5 Å². The summed E-state index contributed by atoms with van der Waals surface area (Å²) in [4.78, 5) is 12.0. The highest BCUT2D eigenvalue weighted by Crippen LogP contribution is 2.50. The number of hydrogen-bond donors (Lipinski definition) is 0. The second-order valence-corrected chi connectivity index (χ2v) is 7.29. The van der Waals surface area contributed by atoms with Gasteiger partial charge in [0.2, 0.25) is 0 Å². The van der Waals surface area contributed by atoms with Gasteiger partial charge in [0.25, 0.3) is 0 Å². The van der Waals surface area contributed by atoms with Crippen LogP contribution >= 0.6 is 46.4 Å². The molecule has 3 rings (SSSR count). The molecule has 0 saturated heterocycles. The first-order valence-electron chi connectivity index (χ1n) is 6.59. The minimum absolute atomic E-state index is 0.231. The summed E-state index contributed by atoms with van der Waals surface area (Å²) in [5.74, 6) is 0.461. The fourth-order valence-electron chi connectivity index (χ4n) is 2.80. The SMILES string of the molecule is CC1(C)c2c(Cl)cc(Cl)cc2OC(=O)Oc2cc(Cl)cc(Cl)c21. The summed E-state index contributed by atoms with van der Waals surface area (Å²) in [5.41, 5.74) is 0.464. The number of carbonyl (C=O) groups is 1. The predicted molar refractivity (Wildman–Crippen MR) is 91.7 cm³/mol. The first-order valence-corrected chi connectivity index (χ1v) is 8.10. The van der Waals surface area contributed by atoms with E-state index in [2.05, 4.69) is 0 Å². The summed E-state index contributed by atoms with van der Waals surface area (Å²) in [7, 11) is 0. The normalized spacial score (nSPS) is 15.7. The minimum atomic E-state index is -0.917. The fourth-order valence-corrected chi connectivity index (χ4v) is 4.22. The van der Waals surface area contributed by atoms with Gasteiger partial charge in [0, 0.05) is 48.8 Å². The Morgan fingerprint density at radius 1 is 0.783 bits per heavy atom. The lowest BCUT2D eigenvalue weighted by molar-refractivity contribution is 0.148. The number of ether oxygens (including phenoxy) is 2. The van der Waals surface area contributed by atoms with Crippen molar-refractivity contribution in [3.8, 4) is 11.5 Å².